The molecule has 0 aliphatic rings. The van der Waals surface area contributed by atoms with Crippen molar-refractivity contribution in [3.05, 3.63) is 0 Å². The van der Waals surface area contributed by atoms with E-state index in [2.05, 4.69) is 20.9 Å². The Kier molecular flexibility index (Phi) is 12.3. The third-order valence-corrected chi connectivity index (χ3v) is 4.13. The molecule has 0 rings (SSSR count). The predicted octanol–water partition coefficient (Wildman–Crippen LogP) is -4.82. The summed E-state index contributed by atoms with van der Waals surface area (Å²) in [6.07, 6.45) is -1.55. The fourth-order valence-corrected chi connectivity index (χ4v) is 2.40. The highest BCUT2D eigenvalue weighted by Gasteiger charge is 2.31. The van der Waals surface area contributed by atoms with Crippen molar-refractivity contribution in [2.75, 3.05) is 6.54 Å². The van der Waals surface area contributed by atoms with Crippen LogP contribution < -0.4 is 38.9 Å². The van der Waals surface area contributed by atoms with Gasteiger partial charge in [-0.3, -0.25) is 24.2 Å². The van der Waals surface area contributed by atoms with E-state index in [1.165, 1.54) is 13.8 Å². The van der Waals surface area contributed by atoms with Gasteiger partial charge in [-0.05, 0) is 26.7 Å². The number of primary amides is 1. The van der Waals surface area contributed by atoms with E-state index in [1.54, 1.807) is 0 Å². The Morgan fingerprint density at radius 1 is 0.938 bits per heavy atom. The van der Waals surface area contributed by atoms with Crippen LogP contribution in [0.5, 0.6) is 0 Å². The molecule has 0 aromatic carbocycles. The van der Waals surface area contributed by atoms with Crippen LogP contribution in [0.4, 0.5) is 0 Å². The largest absolute Gasteiger partial charge is 0.480 e. The molecule has 5 atom stereocenters. The van der Waals surface area contributed by atoms with Gasteiger partial charge >= 0.3 is 5.97 Å². The smallest absolute Gasteiger partial charge is 0.326 e. The third-order valence-electron chi connectivity index (χ3n) is 4.13. The lowest BCUT2D eigenvalue weighted by molar-refractivity contribution is -0.142. The lowest BCUT2D eigenvalue weighted by atomic mass is 10.1. The van der Waals surface area contributed by atoms with E-state index < -0.39 is 66.3 Å². The number of hydrogen-bond acceptors (Lipinski definition) is 8. The first kappa shape index (κ1) is 28.5. The van der Waals surface area contributed by atoms with Crippen molar-refractivity contribution in [1.29, 1.82) is 0 Å². The van der Waals surface area contributed by atoms with E-state index in [9.17, 15) is 34.2 Å². The number of guanidine groups is 1. The number of nitrogens with one attached hydrogen (secondary N) is 3. The molecule has 0 fully saturated rings. The number of rotatable bonds is 14. The van der Waals surface area contributed by atoms with Gasteiger partial charge in [0, 0.05) is 6.54 Å². The molecular formula is C17H32N8O7. The molecular weight excluding hydrogens is 428 g/mol. The number of carboxylic acids is 1. The molecule has 15 heteroatoms. The summed E-state index contributed by atoms with van der Waals surface area (Å²) >= 11 is 0. The number of nitrogens with zero attached hydrogens (tertiary/aromatic N) is 1. The lowest BCUT2D eigenvalue weighted by Crippen LogP contribution is -2.59. The minimum atomic E-state index is -1.49. The van der Waals surface area contributed by atoms with Crippen LogP contribution in [0.1, 0.15) is 33.1 Å². The molecule has 5 unspecified atom stereocenters. The number of carboxylic acid groups (broad SMARTS) is 1. The van der Waals surface area contributed by atoms with Gasteiger partial charge in [0.05, 0.1) is 18.6 Å². The molecule has 0 bridgehead atoms. The number of aliphatic carboxylic acids is 1. The van der Waals surface area contributed by atoms with Gasteiger partial charge in [0.2, 0.25) is 23.6 Å². The summed E-state index contributed by atoms with van der Waals surface area (Å²) in [5, 5.41) is 25.8. The standard InChI is InChI=1S/C17H32N8O7/c1-7(13(28)24-10(16(31)32)4-3-5-22-17(20)21)23-15(30)12(8(2)26)25-14(29)9(18)6-11(19)27/h7-10,12,26H,3-6,18H2,1-2H3,(H2,19,27)(H,23,30)(H,24,28)(H,25,29)(H,31,32)(H4,20,21,22). The molecule has 0 aliphatic carbocycles. The molecule has 4 amide bonds. The summed E-state index contributed by atoms with van der Waals surface area (Å²) < 4.78 is 0. The van der Waals surface area contributed by atoms with Gasteiger partial charge in [0.1, 0.15) is 18.1 Å². The number of nitrogens with two attached hydrogens (primary N) is 4. The Balaban J connectivity index is 4.95. The molecule has 0 saturated heterocycles. The second-order valence-corrected chi connectivity index (χ2v) is 7.08. The van der Waals surface area contributed by atoms with Crippen molar-refractivity contribution in [1.82, 2.24) is 16.0 Å². The first-order chi connectivity index (χ1) is 14.8. The van der Waals surface area contributed by atoms with Crippen LogP contribution in [0.3, 0.4) is 0 Å². The highest BCUT2D eigenvalue weighted by Crippen LogP contribution is 2.01. The van der Waals surface area contributed by atoms with Crippen molar-refractivity contribution < 1.29 is 34.2 Å². The predicted molar refractivity (Wildman–Crippen MR) is 112 cm³/mol. The number of carbonyl (C=O) groups excluding carboxylic acids is 4. The zero-order chi connectivity index (χ0) is 25.0. The summed E-state index contributed by atoms with van der Waals surface area (Å²) in [7, 11) is 0. The molecule has 32 heavy (non-hydrogen) atoms. The lowest BCUT2D eigenvalue weighted by Gasteiger charge is -2.24. The first-order valence-electron chi connectivity index (χ1n) is 9.67. The number of aliphatic hydroxyl groups is 1. The first-order valence-corrected chi connectivity index (χ1v) is 9.67. The van der Waals surface area contributed by atoms with E-state index >= 15 is 0 Å². The number of hydrogen-bond donors (Lipinski definition) is 9. The summed E-state index contributed by atoms with van der Waals surface area (Å²) in [6.45, 7) is 2.67. The zero-order valence-corrected chi connectivity index (χ0v) is 17.9. The number of aliphatic imine (C=N–C) groups is 1. The average Bonchev–Trinajstić information content (AvgIpc) is 2.66. The minimum absolute atomic E-state index is 0.0304. The van der Waals surface area contributed by atoms with Crippen LogP contribution >= 0.6 is 0 Å². The molecule has 15 nitrogen and oxygen atoms in total. The fraction of sp³-hybridized carbons (Fsp3) is 0.647. The molecule has 0 spiro atoms. The molecule has 182 valence electrons. The Bertz CT molecular complexity index is 724. The van der Waals surface area contributed by atoms with Gasteiger partial charge in [0.25, 0.3) is 0 Å². The van der Waals surface area contributed by atoms with Gasteiger partial charge in [-0.25, -0.2) is 4.79 Å². The van der Waals surface area contributed by atoms with Gasteiger partial charge in [-0.15, -0.1) is 0 Å². The highest BCUT2D eigenvalue weighted by molar-refractivity contribution is 5.95. The van der Waals surface area contributed by atoms with E-state index in [0.29, 0.717) is 0 Å². The maximum Gasteiger partial charge on any atom is 0.326 e. The summed E-state index contributed by atoms with van der Waals surface area (Å²) in [6, 6.07) is -5.29. The molecule has 0 aromatic rings. The van der Waals surface area contributed by atoms with Crippen LogP contribution in [0, 0.1) is 0 Å². The summed E-state index contributed by atoms with van der Waals surface area (Å²) in [5.41, 5.74) is 20.8. The highest BCUT2D eigenvalue weighted by atomic mass is 16.4. The molecule has 0 radical (unpaired) electrons. The Labute approximate surface area is 184 Å². The van der Waals surface area contributed by atoms with Gasteiger partial charge < -0.3 is 49.1 Å². The van der Waals surface area contributed by atoms with Crippen molar-refractivity contribution >= 4 is 35.6 Å². The summed E-state index contributed by atoms with van der Waals surface area (Å²) in [4.78, 5) is 62.7. The number of amides is 4. The van der Waals surface area contributed by atoms with Gasteiger partial charge in [-0.1, -0.05) is 0 Å². The van der Waals surface area contributed by atoms with Crippen LogP contribution in [-0.4, -0.2) is 82.6 Å². The Hall–Kier alpha value is -3.46. The van der Waals surface area contributed by atoms with Gasteiger partial charge in [0.15, 0.2) is 5.96 Å². The average molecular weight is 460 g/mol. The van der Waals surface area contributed by atoms with Crippen LogP contribution in [0.2, 0.25) is 0 Å². The fourth-order valence-electron chi connectivity index (χ4n) is 2.40. The maximum absolute atomic E-state index is 12.4. The second-order valence-electron chi connectivity index (χ2n) is 7.08. The third kappa shape index (κ3) is 11.1. The monoisotopic (exact) mass is 460 g/mol. The minimum Gasteiger partial charge on any atom is -0.480 e. The summed E-state index contributed by atoms with van der Waals surface area (Å²) in [5.74, 6) is -4.92. The Morgan fingerprint density at radius 2 is 1.53 bits per heavy atom. The van der Waals surface area contributed by atoms with Crippen LogP contribution in [-0.2, 0) is 24.0 Å². The second kappa shape index (κ2) is 13.8. The molecule has 0 aromatic heterocycles. The molecule has 0 heterocycles. The van der Waals surface area contributed by atoms with Crippen molar-refractivity contribution in [2.45, 2.75) is 63.4 Å². The quantitative estimate of drug-likeness (QED) is 0.0677. The van der Waals surface area contributed by atoms with E-state index in [1.807, 2.05) is 0 Å². The van der Waals surface area contributed by atoms with Crippen molar-refractivity contribution in [2.24, 2.45) is 27.9 Å². The molecule has 0 aliphatic heterocycles. The SMILES string of the molecule is CC(NC(=O)C(NC(=O)C(N)CC(N)=O)C(C)O)C(=O)NC(CCCN=C(N)N)C(=O)O. The van der Waals surface area contributed by atoms with Crippen LogP contribution in [0.15, 0.2) is 4.99 Å². The van der Waals surface area contributed by atoms with E-state index in [4.69, 9.17) is 22.9 Å². The number of aliphatic hydroxyl groups excluding tert-OH is 1. The van der Waals surface area contributed by atoms with Crippen molar-refractivity contribution in [3.8, 4) is 0 Å². The normalized spacial score (nSPS) is 15.2. The van der Waals surface area contributed by atoms with E-state index in [-0.39, 0.29) is 25.3 Å². The Morgan fingerprint density at radius 3 is 2.00 bits per heavy atom. The molecule has 0 saturated carbocycles. The van der Waals surface area contributed by atoms with Crippen LogP contribution in [0.25, 0.3) is 0 Å². The van der Waals surface area contributed by atoms with Crippen molar-refractivity contribution in [3.63, 3.8) is 0 Å². The van der Waals surface area contributed by atoms with E-state index in [0.717, 1.165) is 0 Å². The topological polar surface area (TPSA) is 278 Å². The zero-order valence-electron chi connectivity index (χ0n) is 17.9. The molecule has 13 N–H and O–H groups in total. The number of carbonyl (C=O) groups is 5. The van der Waals surface area contributed by atoms with Gasteiger partial charge in [-0.2, -0.15) is 0 Å². The maximum atomic E-state index is 12.4.